The first-order chi connectivity index (χ1) is 13.6. The number of hydrogen-bond donors (Lipinski definition) is 1. The van der Waals surface area contributed by atoms with Crippen LogP contribution in [0.4, 0.5) is 5.69 Å². The second-order valence-electron chi connectivity index (χ2n) is 6.32. The summed E-state index contributed by atoms with van der Waals surface area (Å²) in [5.74, 6) is 0.538. The Morgan fingerprint density at radius 2 is 1.61 bits per heavy atom. The van der Waals surface area contributed by atoms with Gasteiger partial charge in [0.15, 0.2) is 6.10 Å². The van der Waals surface area contributed by atoms with Crippen LogP contribution in [0, 0.1) is 0 Å². The molecule has 5 nitrogen and oxygen atoms in total. The Balaban J connectivity index is 1.40. The van der Waals surface area contributed by atoms with E-state index in [-0.39, 0.29) is 5.91 Å². The molecule has 1 atom stereocenters. The van der Waals surface area contributed by atoms with Gasteiger partial charge in [0.25, 0.3) is 5.91 Å². The van der Waals surface area contributed by atoms with E-state index in [0.717, 1.165) is 10.0 Å². The normalized spacial score (nSPS) is 15.3. The highest BCUT2D eigenvalue weighted by molar-refractivity contribution is 9.10. The monoisotopic (exact) mass is 437 g/mol. The van der Waals surface area contributed by atoms with Crippen LogP contribution in [0.2, 0.25) is 0 Å². The first-order valence-electron chi connectivity index (χ1n) is 8.72. The van der Waals surface area contributed by atoms with E-state index in [4.69, 9.17) is 9.47 Å². The molecule has 1 N–H and O–H groups in total. The fourth-order valence-corrected chi connectivity index (χ4v) is 3.21. The lowest BCUT2D eigenvalue weighted by Gasteiger charge is -2.23. The molecule has 3 aromatic carbocycles. The van der Waals surface area contributed by atoms with Crippen molar-refractivity contribution in [3.63, 3.8) is 0 Å². The zero-order valence-electron chi connectivity index (χ0n) is 14.7. The fraction of sp³-hybridized carbons (Fsp3) is 0.0909. The van der Waals surface area contributed by atoms with Crippen molar-refractivity contribution in [2.75, 3.05) is 5.32 Å². The van der Waals surface area contributed by atoms with Gasteiger partial charge in [-0.15, -0.1) is 0 Å². The Morgan fingerprint density at radius 3 is 2.32 bits per heavy atom. The standard InChI is InChI=1S/C22H16BrNO4/c23-15-5-9-17(10-6-15)27-18-11-7-16(8-12-18)24-21(25)20-13-14-3-1-2-4-19(14)22(26)28-20/h1-12,20H,13H2,(H,24,25). The Bertz CT molecular complexity index is 1020. The van der Waals surface area contributed by atoms with Gasteiger partial charge in [0.1, 0.15) is 11.5 Å². The van der Waals surface area contributed by atoms with Gasteiger partial charge in [-0.25, -0.2) is 4.79 Å². The molecule has 140 valence electrons. The van der Waals surface area contributed by atoms with E-state index in [1.54, 1.807) is 36.4 Å². The van der Waals surface area contributed by atoms with Gasteiger partial charge >= 0.3 is 5.97 Å². The number of nitrogens with one attached hydrogen (secondary N) is 1. The molecule has 0 spiro atoms. The summed E-state index contributed by atoms with van der Waals surface area (Å²) in [6.07, 6.45) is -0.487. The van der Waals surface area contributed by atoms with Crippen molar-refractivity contribution in [1.82, 2.24) is 0 Å². The van der Waals surface area contributed by atoms with E-state index in [9.17, 15) is 9.59 Å². The average Bonchev–Trinajstić information content (AvgIpc) is 2.71. The Hall–Kier alpha value is -3.12. The lowest BCUT2D eigenvalue weighted by atomic mass is 9.98. The number of rotatable bonds is 4. The predicted octanol–water partition coefficient (Wildman–Crippen LogP) is 4.96. The maximum atomic E-state index is 12.5. The van der Waals surface area contributed by atoms with E-state index in [2.05, 4.69) is 21.2 Å². The van der Waals surface area contributed by atoms with Crippen LogP contribution in [0.25, 0.3) is 0 Å². The molecule has 0 radical (unpaired) electrons. The minimum absolute atomic E-state index is 0.357. The lowest BCUT2D eigenvalue weighted by molar-refractivity contribution is -0.125. The Labute approximate surface area is 170 Å². The molecule has 1 amide bonds. The smallest absolute Gasteiger partial charge is 0.339 e. The summed E-state index contributed by atoms with van der Waals surface area (Å²) in [6, 6.07) is 21.7. The van der Waals surface area contributed by atoms with Crippen molar-refractivity contribution in [2.45, 2.75) is 12.5 Å². The maximum absolute atomic E-state index is 12.5. The molecule has 4 rings (SSSR count). The number of benzene rings is 3. The first kappa shape index (κ1) is 18.3. The third-order valence-corrected chi connectivity index (χ3v) is 4.88. The summed E-state index contributed by atoms with van der Waals surface area (Å²) in [7, 11) is 0. The van der Waals surface area contributed by atoms with Gasteiger partial charge in [-0.3, -0.25) is 4.79 Å². The number of halogens is 1. The molecule has 0 saturated carbocycles. The van der Waals surface area contributed by atoms with Crippen molar-refractivity contribution in [3.05, 3.63) is 88.4 Å². The van der Waals surface area contributed by atoms with Gasteiger partial charge in [0.2, 0.25) is 0 Å². The molecule has 1 unspecified atom stereocenters. The first-order valence-corrected chi connectivity index (χ1v) is 9.51. The highest BCUT2D eigenvalue weighted by Crippen LogP contribution is 2.25. The van der Waals surface area contributed by atoms with Crippen LogP contribution >= 0.6 is 15.9 Å². The predicted molar refractivity (Wildman–Crippen MR) is 109 cm³/mol. The van der Waals surface area contributed by atoms with Gasteiger partial charge in [-0.05, 0) is 60.2 Å². The molecule has 1 aliphatic rings. The van der Waals surface area contributed by atoms with Gasteiger partial charge < -0.3 is 14.8 Å². The van der Waals surface area contributed by atoms with Crippen molar-refractivity contribution in [3.8, 4) is 11.5 Å². The van der Waals surface area contributed by atoms with Crippen molar-refractivity contribution in [1.29, 1.82) is 0 Å². The molecule has 3 aromatic rings. The Kier molecular flexibility index (Phi) is 5.12. The van der Waals surface area contributed by atoms with Gasteiger partial charge in [-0.1, -0.05) is 34.1 Å². The van der Waals surface area contributed by atoms with Crippen LogP contribution in [0.3, 0.4) is 0 Å². The minimum atomic E-state index is -0.846. The van der Waals surface area contributed by atoms with Crippen LogP contribution in [0.5, 0.6) is 11.5 Å². The molecular weight excluding hydrogens is 422 g/mol. The van der Waals surface area contributed by atoms with E-state index in [1.165, 1.54) is 0 Å². The molecule has 0 aliphatic carbocycles. The van der Waals surface area contributed by atoms with E-state index < -0.39 is 12.1 Å². The second kappa shape index (κ2) is 7.86. The Morgan fingerprint density at radius 1 is 0.964 bits per heavy atom. The topological polar surface area (TPSA) is 64.6 Å². The number of esters is 1. The number of amides is 1. The molecule has 0 fully saturated rings. The molecule has 0 bridgehead atoms. The van der Waals surface area contributed by atoms with Crippen LogP contribution in [0.15, 0.2) is 77.3 Å². The third-order valence-electron chi connectivity index (χ3n) is 4.36. The summed E-state index contributed by atoms with van der Waals surface area (Å²) >= 11 is 3.38. The largest absolute Gasteiger partial charge is 0.457 e. The quantitative estimate of drug-likeness (QED) is 0.585. The molecule has 0 saturated heterocycles. The number of fused-ring (bicyclic) bond motifs is 1. The highest BCUT2D eigenvalue weighted by atomic mass is 79.9. The number of carbonyl (C=O) groups excluding carboxylic acids is 2. The van der Waals surface area contributed by atoms with Gasteiger partial charge in [0.05, 0.1) is 5.56 Å². The highest BCUT2D eigenvalue weighted by Gasteiger charge is 2.31. The number of anilines is 1. The number of hydrogen-bond acceptors (Lipinski definition) is 4. The zero-order valence-corrected chi connectivity index (χ0v) is 16.3. The maximum Gasteiger partial charge on any atom is 0.339 e. The van der Waals surface area contributed by atoms with Crippen molar-refractivity contribution < 1.29 is 19.1 Å². The number of cyclic esters (lactones) is 1. The third kappa shape index (κ3) is 4.07. The fourth-order valence-electron chi connectivity index (χ4n) is 2.95. The summed E-state index contributed by atoms with van der Waals surface area (Å²) in [4.78, 5) is 24.6. The van der Waals surface area contributed by atoms with Crippen LogP contribution in [-0.4, -0.2) is 18.0 Å². The number of ether oxygens (including phenoxy) is 2. The molecule has 6 heteroatoms. The molecular formula is C22H16BrNO4. The van der Waals surface area contributed by atoms with E-state index >= 15 is 0 Å². The molecule has 1 heterocycles. The van der Waals surface area contributed by atoms with Crippen molar-refractivity contribution in [2.24, 2.45) is 0 Å². The van der Waals surface area contributed by atoms with Crippen molar-refractivity contribution >= 4 is 33.5 Å². The lowest BCUT2D eigenvalue weighted by Crippen LogP contribution is -2.37. The molecule has 1 aliphatic heterocycles. The zero-order chi connectivity index (χ0) is 19.5. The SMILES string of the molecule is O=C1OC(C(=O)Nc2ccc(Oc3ccc(Br)cc3)cc2)Cc2ccccc21. The van der Waals surface area contributed by atoms with Gasteiger partial charge in [-0.2, -0.15) is 0 Å². The van der Waals surface area contributed by atoms with E-state index in [0.29, 0.717) is 29.2 Å². The molecule has 0 aromatic heterocycles. The second-order valence-corrected chi connectivity index (χ2v) is 7.24. The van der Waals surface area contributed by atoms with E-state index in [1.807, 2.05) is 36.4 Å². The minimum Gasteiger partial charge on any atom is -0.457 e. The summed E-state index contributed by atoms with van der Waals surface area (Å²) in [5.41, 5.74) is 1.93. The average molecular weight is 438 g/mol. The van der Waals surface area contributed by atoms with Gasteiger partial charge in [0, 0.05) is 16.6 Å². The summed E-state index contributed by atoms with van der Waals surface area (Å²) in [5, 5.41) is 2.78. The number of carbonyl (C=O) groups is 2. The summed E-state index contributed by atoms with van der Waals surface area (Å²) < 4.78 is 12.0. The van der Waals surface area contributed by atoms with Crippen LogP contribution < -0.4 is 10.1 Å². The molecule has 28 heavy (non-hydrogen) atoms. The van der Waals surface area contributed by atoms with Crippen LogP contribution in [0.1, 0.15) is 15.9 Å². The summed E-state index contributed by atoms with van der Waals surface area (Å²) in [6.45, 7) is 0. The van der Waals surface area contributed by atoms with Crippen LogP contribution in [-0.2, 0) is 16.0 Å².